The number of carboxylic acids is 1. The number of hydrogen-bond acceptors (Lipinski definition) is 3. The van der Waals surface area contributed by atoms with E-state index in [2.05, 4.69) is 5.32 Å². The molecule has 0 amide bonds. The van der Waals surface area contributed by atoms with Crippen LogP contribution in [0.4, 0.5) is 10.1 Å². The van der Waals surface area contributed by atoms with Crippen molar-refractivity contribution in [2.45, 2.75) is 0 Å². The molecular formula is C15H13ClFNO3. The minimum atomic E-state index is -1.04. The first kappa shape index (κ1) is 15.1. The van der Waals surface area contributed by atoms with E-state index in [0.29, 0.717) is 18.0 Å². The molecule has 0 spiro atoms. The number of benzene rings is 2. The Labute approximate surface area is 126 Å². The van der Waals surface area contributed by atoms with Gasteiger partial charge in [-0.2, -0.15) is 0 Å². The number of aromatic carboxylic acids is 1. The molecule has 2 aromatic rings. The largest absolute Gasteiger partial charge is 0.491 e. The lowest BCUT2D eigenvalue weighted by Gasteiger charge is -2.10. The maximum absolute atomic E-state index is 13.2. The molecule has 0 heterocycles. The minimum Gasteiger partial charge on any atom is -0.491 e. The smallest absolute Gasteiger partial charge is 0.339 e. The summed E-state index contributed by atoms with van der Waals surface area (Å²) in [6.07, 6.45) is 0. The standard InChI is InChI=1S/C15H13ClFNO3/c16-12-6-5-10(9-13(12)17)18-7-8-21-14-4-2-1-3-11(14)15(19)20/h1-6,9,18H,7-8H2,(H,19,20). The van der Waals surface area contributed by atoms with Crippen molar-refractivity contribution < 1.29 is 19.0 Å². The highest BCUT2D eigenvalue weighted by Gasteiger charge is 2.09. The van der Waals surface area contributed by atoms with E-state index >= 15 is 0 Å². The Morgan fingerprint density at radius 2 is 2.05 bits per heavy atom. The molecule has 2 rings (SSSR count). The maximum Gasteiger partial charge on any atom is 0.339 e. The molecule has 2 N–H and O–H groups in total. The second-order valence-corrected chi connectivity index (χ2v) is 4.61. The van der Waals surface area contributed by atoms with Crippen LogP contribution in [-0.2, 0) is 0 Å². The summed E-state index contributed by atoms with van der Waals surface area (Å²) in [7, 11) is 0. The summed E-state index contributed by atoms with van der Waals surface area (Å²) in [6, 6.07) is 10.8. The summed E-state index contributed by atoms with van der Waals surface area (Å²) in [5.41, 5.74) is 0.682. The van der Waals surface area contributed by atoms with Crippen LogP contribution in [0, 0.1) is 5.82 Å². The molecule has 0 fully saturated rings. The molecule has 0 saturated carbocycles. The van der Waals surface area contributed by atoms with Crippen molar-refractivity contribution in [2.24, 2.45) is 0 Å². The van der Waals surface area contributed by atoms with Crippen LogP contribution in [-0.4, -0.2) is 24.2 Å². The van der Waals surface area contributed by atoms with Crippen LogP contribution in [0.15, 0.2) is 42.5 Å². The predicted molar refractivity (Wildman–Crippen MR) is 78.8 cm³/mol. The highest BCUT2D eigenvalue weighted by atomic mass is 35.5. The fourth-order valence-corrected chi connectivity index (χ4v) is 1.85. The summed E-state index contributed by atoms with van der Waals surface area (Å²) in [5, 5.41) is 12.0. The first-order valence-corrected chi connectivity index (χ1v) is 6.60. The summed E-state index contributed by atoms with van der Waals surface area (Å²) in [5.74, 6) is -1.24. The van der Waals surface area contributed by atoms with Gasteiger partial charge in [-0.15, -0.1) is 0 Å². The lowest BCUT2D eigenvalue weighted by molar-refractivity contribution is 0.0692. The highest BCUT2D eigenvalue weighted by Crippen LogP contribution is 2.19. The van der Waals surface area contributed by atoms with E-state index in [1.165, 1.54) is 18.2 Å². The number of halogens is 2. The molecule has 0 aliphatic heterocycles. The predicted octanol–water partition coefficient (Wildman–Crippen LogP) is 3.67. The summed E-state index contributed by atoms with van der Waals surface area (Å²) >= 11 is 5.59. The van der Waals surface area contributed by atoms with Crippen LogP contribution in [0.1, 0.15) is 10.4 Å². The minimum absolute atomic E-state index is 0.0622. The van der Waals surface area contributed by atoms with Gasteiger partial charge in [0.1, 0.15) is 23.7 Å². The quantitative estimate of drug-likeness (QED) is 0.799. The Kier molecular flexibility index (Phi) is 5.00. The van der Waals surface area contributed by atoms with Crippen LogP contribution < -0.4 is 10.1 Å². The van der Waals surface area contributed by atoms with E-state index in [1.54, 1.807) is 24.3 Å². The molecular weight excluding hydrogens is 297 g/mol. The summed E-state index contributed by atoms with van der Waals surface area (Å²) in [6.45, 7) is 0.642. The summed E-state index contributed by atoms with van der Waals surface area (Å²) in [4.78, 5) is 11.0. The molecule has 21 heavy (non-hydrogen) atoms. The van der Waals surface area contributed by atoms with Gasteiger partial charge in [0.25, 0.3) is 0 Å². The zero-order valence-corrected chi connectivity index (χ0v) is 11.7. The van der Waals surface area contributed by atoms with Gasteiger partial charge in [-0.3, -0.25) is 0 Å². The van der Waals surface area contributed by atoms with E-state index < -0.39 is 11.8 Å². The van der Waals surface area contributed by atoms with Crippen molar-refractivity contribution in [1.29, 1.82) is 0 Å². The van der Waals surface area contributed by atoms with Crippen LogP contribution in [0.2, 0.25) is 5.02 Å². The number of ether oxygens (including phenoxy) is 1. The molecule has 110 valence electrons. The average molecular weight is 310 g/mol. The van der Waals surface area contributed by atoms with E-state index in [-0.39, 0.29) is 17.2 Å². The molecule has 0 atom stereocenters. The first-order chi connectivity index (χ1) is 10.1. The second kappa shape index (κ2) is 6.95. The van der Waals surface area contributed by atoms with Crippen molar-refractivity contribution >= 4 is 23.3 Å². The molecule has 0 aliphatic rings. The lowest BCUT2D eigenvalue weighted by Crippen LogP contribution is -2.13. The number of para-hydroxylation sites is 1. The van der Waals surface area contributed by atoms with Crippen LogP contribution in [0.5, 0.6) is 5.75 Å². The van der Waals surface area contributed by atoms with Gasteiger partial charge in [0.05, 0.1) is 5.02 Å². The van der Waals surface area contributed by atoms with E-state index in [9.17, 15) is 9.18 Å². The second-order valence-electron chi connectivity index (χ2n) is 4.21. The van der Waals surface area contributed by atoms with Crippen molar-refractivity contribution in [3.05, 3.63) is 58.9 Å². The van der Waals surface area contributed by atoms with Gasteiger partial charge in [-0.05, 0) is 30.3 Å². The van der Waals surface area contributed by atoms with Gasteiger partial charge < -0.3 is 15.2 Å². The van der Waals surface area contributed by atoms with Gasteiger partial charge in [0, 0.05) is 12.2 Å². The van der Waals surface area contributed by atoms with Crippen molar-refractivity contribution in [3.63, 3.8) is 0 Å². The number of carbonyl (C=O) groups is 1. The zero-order chi connectivity index (χ0) is 15.2. The monoisotopic (exact) mass is 309 g/mol. The molecule has 0 unspecified atom stereocenters. The third kappa shape index (κ3) is 4.10. The van der Waals surface area contributed by atoms with Gasteiger partial charge in [-0.1, -0.05) is 23.7 Å². The highest BCUT2D eigenvalue weighted by molar-refractivity contribution is 6.30. The number of hydrogen-bond donors (Lipinski definition) is 2. The topological polar surface area (TPSA) is 58.6 Å². The Morgan fingerprint density at radius 1 is 1.29 bits per heavy atom. The molecule has 2 aromatic carbocycles. The molecule has 4 nitrogen and oxygen atoms in total. The number of carboxylic acid groups (broad SMARTS) is 1. The number of rotatable bonds is 6. The molecule has 0 bridgehead atoms. The van der Waals surface area contributed by atoms with Gasteiger partial charge in [0.2, 0.25) is 0 Å². The van der Waals surface area contributed by atoms with Gasteiger partial charge in [0.15, 0.2) is 0 Å². The van der Waals surface area contributed by atoms with Crippen molar-refractivity contribution in [2.75, 3.05) is 18.5 Å². The van der Waals surface area contributed by atoms with Gasteiger partial charge >= 0.3 is 5.97 Å². The zero-order valence-electron chi connectivity index (χ0n) is 11.0. The van der Waals surface area contributed by atoms with Crippen LogP contribution in [0.3, 0.4) is 0 Å². The molecule has 0 saturated heterocycles. The maximum atomic E-state index is 13.2. The van der Waals surface area contributed by atoms with E-state index in [4.69, 9.17) is 21.4 Å². The van der Waals surface area contributed by atoms with Gasteiger partial charge in [-0.25, -0.2) is 9.18 Å². The SMILES string of the molecule is O=C(O)c1ccccc1OCCNc1ccc(Cl)c(F)c1. The van der Waals surface area contributed by atoms with Crippen LogP contribution >= 0.6 is 11.6 Å². The number of nitrogens with one attached hydrogen (secondary N) is 1. The number of anilines is 1. The molecule has 0 aliphatic carbocycles. The normalized spacial score (nSPS) is 10.2. The molecule has 6 heteroatoms. The first-order valence-electron chi connectivity index (χ1n) is 6.22. The molecule has 0 radical (unpaired) electrons. The average Bonchev–Trinajstić information content (AvgIpc) is 2.47. The van der Waals surface area contributed by atoms with Crippen LogP contribution in [0.25, 0.3) is 0 Å². The molecule has 0 aromatic heterocycles. The fourth-order valence-electron chi connectivity index (χ4n) is 1.73. The Morgan fingerprint density at radius 3 is 2.76 bits per heavy atom. The Balaban J connectivity index is 1.87. The summed E-state index contributed by atoms with van der Waals surface area (Å²) < 4.78 is 18.6. The Bertz CT molecular complexity index is 649. The van der Waals surface area contributed by atoms with E-state index in [0.717, 1.165) is 0 Å². The third-order valence-electron chi connectivity index (χ3n) is 2.73. The Hall–Kier alpha value is -2.27. The lowest BCUT2D eigenvalue weighted by atomic mass is 10.2. The third-order valence-corrected chi connectivity index (χ3v) is 3.03. The van der Waals surface area contributed by atoms with Crippen molar-refractivity contribution in [1.82, 2.24) is 0 Å². The van der Waals surface area contributed by atoms with Crippen molar-refractivity contribution in [3.8, 4) is 5.75 Å². The fraction of sp³-hybridized carbons (Fsp3) is 0.133. The van der Waals surface area contributed by atoms with E-state index in [1.807, 2.05) is 0 Å².